The second kappa shape index (κ2) is 29.9. The number of carbonyl (C=O) groups excluding carboxylic acids is 4. The molecule has 0 radical (unpaired) electrons. The summed E-state index contributed by atoms with van der Waals surface area (Å²) in [5, 5.41) is 36.2. The van der Waals surface area contributed by atoms with Gasteiger partial charge in [-0.25, -0.2) is 19.2 Å². The molecule has 3 heterocycles. The van der Waals surface area contributed by atoms with E-state index in [1.165, 1.54) is 48.5 Å². The lowest BCUT2D eigenvalue weighted by Gasteiger charge is -2.50. The zero-order chi connectivity index (χ0) is 59.8. The summed E-state index contributed by atoms with van der Waals surface area (Å²) in [6.45, 7) is 0.631. The Morgan fingerprint density at radius 1 is 0.360 bits per heavy atom. The molecule has 7 aromatic carbocycles. The molecule has 0 unspecified atom stereocenters. The number of carbonyl (C=O) groups is 4. The number of hydrogen-bond donors (Lipinski definition) is 3. The molecular formula is C67H66O19. The Bertz CT molecular complexity index is 3220. The first-order valence-corrected chi connectivity index (χ1v) is 28.2. The van der Waals surface area contributed by atoms with Crippen molar-refractivity contribution >= 4 is 23.9 Å². The quantitative estimate of drug-likeness (QED) is 0.0413. The molecule has 0 aliphatic carbocycles. The van der Waals surface area contributed by atoms with Crippen molar-refractivity contribution < 1.29 is 91.3 Å². The third-order valence-electron chi connectivity index (χ3n) is 14.7. The van der Waals surface area contributed by atoms with Crippen LogP contribution in [0.1, 0.15) is 65.0 Å². The van der Waals surface area contributed by atoms with Crippen LogP contribution in [0.5, 0.6) is 0 Å². The predicted octanol–water partition coefficient (Wildman–Crippen LogP) is 7.59. The van der Waals surface area contributed by atoms with Crippen LogP contribution in [0.25, 0.3) is 0 Å². The summed E-state index contributed by atoms with van der Waals surface area (Å²) < 4.78 is 77.8. The van der Waals surface area contributed by atoms with Gasteiger partial charge in [0.1, 0.15) is 68.1 Å². The van der Waals surface area contributed by atoms with E-state index in [1.807, 2.05) is 91.0 Å². The summed E-state index contributed by atoms with van der Waals surface area (Å²) in [6.07, 6.45) is -23.8. The van der Waals surface area contributed by atoms with Crippen molar-refractivity contribution in [2.24, 2.45) is 0 Å². The minimum absolute atomic E-state index is 0.0125. The number of rotatable bonds is 23. The van der Waals surface area contributed by atoms with Crippen molar-refractivity contribution in [1.29, 1.82) is 0 Å². The number of esters is 4. The van der Waals surface area contributed by atoms with Gasteiger partial charge in [-0.2, -0.15) is 0 Å². The average Bonchev–Trinajstić information content (AvgIpc) is 1.30. The van der Waals surface area contributed by atoms with Crippen molar-refractivity contribution in [2.75, 3.05) is 13.2 Å². The van der Waals surface area contributed by atoms with Gasteiger partial charge in [-0.15, -0.1) is 0 Å². The molecule has 3 N–H and O–H groups in total. The first kappa shape index (κ1) is 61.1. The molecule has 86 heavy (non-hydrogen) atoms. The molecule has 0 bridgehead atoms. The molecule has 10 rings (SSSR count). The molecule has 448 valence electrons. The third kappa shape index (κ3) is 15.7. The Labute approximate surface area is 496 Å². The van der Waals surface area contributed by atoms with Crippen LogP contribution in [0.15, 0.2) is 212 Å². The van der Waals surface area contributed by atoms with Crippen molar-refractivity contribution in [3.05, 3.63) is 251 Å². The van der Waals surface area contributed by atoms with E-state index in [0.717, 1.165) is 16.7 Å². The first-order valence-electron chi connectivity index (χ1n) is 28.2. The van der Waals surface area contributed by atoms with Gasteiger partial charge >= 0.3 is 23.9 Å². The maximum Gasteiger partial charge on any atom is 0.338 e. The summed E-state index contributed by atoms with van der Waals surface area (Å²) in [7, 11) is 0. The normalized spacial score (nSPS) is 27.2. The summed E-state index contributed by atoms with van der Waals surface area (Å²) in [5.74, 6) is -3.50. The Morgan fingerprint density at radius 3 is 1.17 bits per heavy atom. The summed E-state index contributed by atoms with van der Waals surface area (Å²) in [6, 6.07) is 60.1. The van der Waals surface area contributed by atoms with E-state index in [0.29, 0.717) is 0 Å². The molecule has 15 atom stereocenters. The fraction of sp³-hybridized carbons (Fsp3) is 0.313. The molecule has 19 nitrogen and oxygen atoms in total. The van der Waals surface area contributed by atoms with Crippen molar-refractivity contribution in [2.45, 2.75) is 119 Å². The SMILES string of the molecule is C[C@@H]1O[C@@H](O[C@@H]2[C@@H](OC(=O)c3ccccc3)[C@H](O)O[C@H](COC(=O)c3ccccc3)[C@H]2O[C@@H]2O[C@H](COC(=O)c3ccccc3)[C@H](O)[C@H](O)[C@H]2OC(=O)c2ccccc2)[C@@H](OCc2ccccc2)[C@H](OCc2ccccc2)[C@@H]1OCc1ccccc1. The summed E-state index contributed by atoms with van der Waals surface area (Å²) >= 11 is 0. The van der Waals surface area contributed by atoms with Gasteiger partial charge in [0.05, 0.1) is 48.2 Å². The van der Waals surface area contributed by atoms with Crippen molar-refractivity contribution in [1.82, 2.24) is 0 Å². The lowest BCUT2D eigenvalue weighted by Crippen LogP contribution is -2.68. The van der Waals surface area contributed by atoms with Crippen LogP contribution in [0.4, 0.5) is 0 Å². The number of aliphatic hydroxyl groups is 3. The van der Waals surface area contributed by atoms with E-state index in [-0.39, 0.29) is 42.1 Å². The van der Waals surface area contributed by atoms with Crippen LogP contribution in [0.2, 0.25) is 0 Å². The van der Waals surface area contributed by atoms with Crippen molar-refractivity contribution in [3.8, 4) is 0 Å². The minimum atomic E-state index is -2.07. The molecule has 3 fully saturated rings. The van der Waals surface area contributed by atoms with Crippen LogP contribution >= 0.6 is 0 Å². The number of hydrogen-bond acceptors (Lipinski definition) is 19. The van der Waals surface area contributed by atoms with Gasteiger partial charge in [0.25, 0.3) is 0 Å². The van der Waals surface area contributed by atoms with E-state index in [4.69, 9.17) is 56.8 Å². The summed E-state index contributed by atoms with van der Waals surface area (Å²) in [4.78, 5) is 55.5. The molecule has 0 aromatic heterocycles. The predicted molar refractivity (Wildman–Crippen MR) is 305 cm³/mol. The lowest BCUT2D eigenvalue weighted by molar-refractivity contribution is -0.386. The fourth-order valence-electron chi connectivity index (χ4n) is 10.2. The monoisotopic (exact) mass is 1170 g/mol. The van der Waals surface area contributed by atoms with Crippen LogP contribution in [0.3, 0.4) is 0 Å². The highest BCUT2D eigenvalue weighted by atomic mass is 16.8. The van der Waals surface area contributed by atoms with E-state index >= 15 is 0 Å². The number of aliphatic hydroxyl groups excluding tert-OH is 3. The Morgan fingerprint density at radius 2 is 0.721 bits per heavy atom. The Balaban J connectivity index is 1.07. The zero-order valence-electron chi connectivity index (χ0n) is 46.8. The van der Waals surface area contributed by atoms with Crippen LogP contribution < -0.4 is 0 Å². The molecule has 7 aromatic rings. The van der Waals surface area contributed by atoms with Crippen LogP contribution in [-0.4, -0.2) is 145 Å². The first-order chi connectivity index (χ1) is 42.0. The van der Waals surface area contributed by atoms with Crippen molar-refractivity contribution in [3.63, 3.8) is 0 Å². The Hall–Kier alpha value is -8.02. The zero-order valence-corrected chi connectivity index (χ0v) is 46.8. The highest BCUT2D eigenvalue weighted by molar-refractivity contribution is 5.91. The van der Waals surface area contributed by atoms with Gasteiger partial charge in [-0.3, -0.25) is 0 Å². The highest BCUT2D eigenvalue weighted by Crippen LogP contribution is 2.38. The van der Waals surface area contributed by atoms with Crippen LogP contribution in [0, 0.1) is 0 Å². The van der Waals surface area contributed by atoms with E-state index in [1.54, 1.807) is 79.7 Å². The minimum Gasteiger partial charge on any atom is -0.459 e. The van der Waals surface area contributed by atoms with E-state index < -0.39 is 129 Å². The second-order valence-electron chi connectivity index (χ2n) is 20.7. The lowest BCUT2D eigenvalue weighted by atomic mass is 9.95. The maximum absolute atomic E-state index is 14.4. The summed E-state index contributed by atoms with van der Waals surface area (Å²) in [5.41, 5.74) is 2.91. The van der Waals surface area contributed by atoms with Gasteiger partial charge in [-0.05, 0) is 72.1 Å². The standard InChI is InChI=1S/C67H66O19/c1-42-54(75-37-43-23-9-2-10-24-43)57(76-38-44-25-11-3-12-26-44)60(77-39-45-27-13-4-14-28-45)67(80-42)86-58-55(51(41-79-62(71)47-31-17-6-18-32-47)81-65(74)59(58)84-64(73)49-35-21-8-22-36-49)85-66-56(83-63(72)48-33-19-7-20-34-48)53(69)52(68)50(82-66)40-78-61(70)46-29-15-5-16-30-46/h2-36,42,50-60,65-69,74H,37-41H2,1H3/t42-,50+,51+,52-,53-,54+,55+,56+,57+,58-,59+,60-,65+,66-,67-/m0/s1. The van der Waals surface area contributed by atoms with Gasteiger partial charge in [0.15, 0.2) is 31.1 Å². The molecule has 3 aliphatic rings. The van der Waals surface area contributed by atoms with Gasteiger partial charge in [0.2, 0.25) is 0 Å². The molecule has 3 saturated heterocycles. The second-order valence-corrected chi connectivity index (χ2v) is 20.7. The molecule has 0 saturated carbocycles. The highest BCUT2D eigenvalue weighted by Gasteiger charge is 2.57. The Kier molecular flexibility index (Phi) is 21.2. The number of ether oxygens (including phenoxy) is 12. The van der Waals surface area contributed by atoms with Gasteiger partial charge < -0.3 is 72.2 Å². The van der Waals surface area contributed by atoms with Gasteiger partial charge in [0, 0.05) is 0 Å². The van der Waals surface area contributed by atoms with E-state index in [2.05, 4.69) is 0 Å². The topological polar surface area (TPSA) is 240 Å². The van der Waals surface area contributed by atoms with Crippen LogP contribution in [-0.2, 0) is 76.7 Å². The molecule has 0 spiro atoms. The average molecular weight is 1180 g/mol. The molecule has 0 amide bonds. The maximum atomic E-state index is 14.4. The largest absolute Gasteiger partial charge is 0.459 e. The van der Waals surface area contributed by atoms with E-state index in [9.17, 15) is 34.5 Å². The molecule has 19 heteroatoms. The van der Waals surface area contributed by atoms with Gasteiger partial charge in [-0.1, -0.05) is 164 Å². The molecule has 3 aliphatic heterocycles. The fourth-order valence-corrected chi connectivity index (χ4v) is 10.2. The third-order valence-corrected chi connectivity index (χ3v) is 14.7. The molecular weight excluding hydrogens is 1110 g/mol. The smallest absolute Gasteiger partial charge is 0.338 e. The number of benzene rings is 7.